The van der Waals surface area contributed by atoms with Gasteiger partial charge in [0.25, 0.3) is 0 Å². The molecule has 0 saturated heterocycles. The molecule has 72 valence electrons. The van der Waals surface area contributed by atoms with Crippen molar-refractivity contribution >= 4 is 0 Å². The maximum atomic E-state index is 9.15. The topological polar surface area (TPSA) is 90.2 Å². The lowest BCUT2D eigenvalue weighted by molar-refractivity contribution is -0.0684. The molecule has 0 radical (unpaired) electrons. The first-order valence-electron chi connectivity index (χ1n) is 3.60. The molecular weight excluding hydrogens is 176 g/mol. The lowest BCUT2D eigenvalue weighted by atomic mass is 10.3. The minimum absolute atomic E-state index is 0.00750. The van der Waals surface area contributed by atoms with Crippen molar-refractivity contribution in [3.8, 4) is 17.2 Å². The normalized spacial score (nSPS) is 10.4. The van der Waals surface area contributed by atoms with Gasteiger partial charge in [0.1, 0.15) is 12.4 Å². The zero-order valence-electron chi connectivity index (χ0n) is 6.71. The van der Waals surface area contributed by atoms with Gasteiger partial charge in [0.15, 0.2) is 17.8 Å². The number of aromatic hydroxyl groups is 2. The van der Waals surface area contributed by atoms with Crippen LogP contribution in [0, 0.1) is 0 Å². The summed E-state index contributed by atoms with van der Waals surface area (Å²) in [4.78, 5) is 0. The Kier molecular flexibility index (Phi) is 2.94. The van der Waals surface area contributed by atoms with Gasteiger partial charge in [0.2, 0.25) is 0 Å². The van der Waals surface area contributed by atoms with E-state index >= 15 is 0 Å². The number of rotatable bonds is 3. The smallest absolute Gasteiger partial charge is 0.186 e. The Hall–Kier alpha value is -1.46. The van der Waals surface area contributed by atoms with Crippen molar-refractivity contribution in [1.82, 2.24) is 0 Å². The highest BCUT2D eigenvalue weighted by atomic mass is 16.5. The van der Waals surface area contributed by atoms with E-state index in [9.17, 15) is 0 Å². The predicted molar refractivity (Wildman–Crippen MR) is 43.5 cm³/mol. The molecule has 0 aromatic heterocycles. The quantitative estimate of drug-likeness (QED) is 0.387. The molecule has 0 fully saturated rings. The van der Waals surface area contributed by atoms with E-state index in [-0.39, 0.29) is 23.9 Å². The Morgan fingerprint density at radius 3 is 2.54 bits per heavy atom. The monoisotopic (exact) mass is 186 g/mol. The van der Waals surface area contributed by atoms with E-state index in [0.717, 1.165) is 0 Å². The van der Waals surface area contributed by atoms with E-state index in [1.54, 1.807) is 0 Å². The van der Waals surface area contributed by atoms with Crippen molar-refractivity contribution in [3.63, 3.8) is 0 Å². The highest BCUT2D eigenvalue weighted by Gasteiger charge is 2.05. The summed E-state index contributed by atoms with van der Waals surface area (Å²) < 4.78 is 4.77. The molecule has 0 aliphatic carbocycles. The number of phenols is 2. The predicted octanol–water partition coefficient (Wildman–Crippen LogP) is -0.213. The molecule has 0 heterocycles. The fourth-order valence-corrected chi connectivity index (χ4v) is 0.783. The molecule has 0 saturated carbocycles. The number of aliphatic hydroxyl groups is 2. The maximum Gasteiger partial charge on any atom is 0.186 e. The number of aliphatic hydroxyl groups excluding tert-OH is 1. The second-order valence-corrected chi connectivity index (χ2v) is 2.44. The number of hydrogen-bond acceptors (Lipinski definition) is 5. The van der Waals surface area contributed by atoms with Crippen molar-refractivity contribution in [2.45, 2.75) is 6.29 Å². The number of ether oxygens (including phenoxy) is 1. The van der Waals surface area contributed by atoms with Gasteiger partial charge in [-0.05, 0) is 12.1 Å². The summed E-state index contributed by atoms with van der Waals surface area (Å²) in [5, 5.41) is 35.1. The summed E-state index contributed by atoms with van der Waals surface area (Å²) in [5.74, 6) is -0.230. The van der Waals surface area contributed by atoms with E-state index in [1.807, 2.05) is 0 Å². The lowest BCUT2D eigenvalue weighted by Gasteiger charge is -2.08. The third-order valence-corrected chi connectivity index (χ3v) is 1.33. The first-order valence-corrected chi connectivity index (χ1v) is 3.60. The van der Waals surface area contributed by atoms with E-state index in [2.05, 4.69) is 0 Å². The maximum absolute atomic E-state index is 9.15. The van der Waals surface area contributed by atoms with Crippen LogP contribution in [0.15, 0.2) is 18.2 Å². The van der Waals surface area contributed by atoms with E-state index in [0.29, 0.717) is 0 Å². The Morgan fingerprint density at radius 1 is 1.23 bits per heavy atom. The molecule has 0 aliphatic heterocycles. The average molecular weight is 186 g/mol. The largest absolute Gasteiger partial charge is 0.508 e. The molecular formula is C8H10O5. The standard InChI is InChI=1S/C8H10O5/c9-5-1-2-6(10)7(3-5)13-4-8(11)12/h1-3,8-12H,4H2. The first-order chi connectivity index (χ1) is 6.09. The molecule has 1 aromatic carbocycles. The van der Waals surface area contributed by atoms with Crippen molar-refractivity contribution in [2.75, 3.05) is 6.61 Å². The zero-order chi connectivity index (χ0) is 9.84. The summed E-state index contributed by atoms with van der Waals surface area (Å²) in [5.41, 5.74) is 0. The Labute approximate surface area is 74.5 Å². The molecule has 4 N–H and O–H groups in total. The molecule has 0 unspecified atom stereocenters. The molecule has 1 aromatic rings. The van der Waals surface area contributed by atoms with E-state index in [4.69, 9.17) is 25.2 Å². The van der Waals surface area contributed by atoms with Crippen LogP contribution in [0.1, 0.15) is 0 Å². The number of phenolic OH excluding ortho intramolecular Hbond substituents is 2. The van der Waals surface area contributed by atoms with Crippen molar-refractivity contribution in [1.29, 1.82) is 0 Å². The summed E-state index contributed by atoms with van der Waals surface area (Å²) in [6.07, 6.45) is -1.61. The molecule has 5 heteroatoms. The number of hydrogen-bond donors (Lipinski definition) is 4. The van der Waals surface area contributed by atoms with Gasteiger partial charge in [-0.15, -0.1) is 0 Å². The zero-order valence-corrected chi connectivity index (χ0v) is 6.71. The fraction of sp³-hybridized carbons (Fsp3) is 0.250. The molecule has 13 heavy (non-hydrogen) atoms. The summed E-state index contributed by atoms with van der Waals surface area (Å²) in [6, 6.07) is 3.71. The van der Waals surface area contributed by atoms with Gasteiger partial charge in [-0.25, -0.2) is 0 Å². The van der Waals surface area contributed by atoms with Gasteiger partial charge >= 0.3 is 0 Å². The highest BCUT2D eigenvalue weighted by Crippen LogP contribution is 2.29. The van der Waals surface area contributed by atoms with Gasteiger partial charge in [-0.1, -0.05) is 0 Å². The fourth-order valence-electron chi connectivity index (χ4n) is 0.783. The van der Waals surface area contributed by atoms with E-state index in [1.165, 1.54) is 18.2 Å². The van der Waals surface area contributed by atoms with Crippen LogP contribution >= 0.6 is 0 Å². The van der Waals surface area contributed by atoms with Crippen LogP contribution in [-0.2, 0) is 0 Å². The first kappa shape index (κ1) is 9.63. The van der Waals surface area contributed by atoms with Gasteiger partial charge in [-0.2, -0.15) is 0 Å². The average Bonchev–Trinajstić information content (AvgIpc) is 2.06. The van der Waals surface area contributed by atoms with Crippen LogP contribution in [0.3, 0.4) is 0 Å². The van der Waals surface area contributed by atoms with Gasteiger partial charge in [-0.3, -0.25) is 0 Å². The number of benzene rings is 1. The van der Waals surface area contributed by atoms with Crippen molar-refractivity contribution < 1.29 is 25.2 Å². The highest BCUT2D eigenvalue weighted by molar-refractivity contribution is 5.43. The van der Waals surface area contributed by atoms with E-state index < -0.39 is 6.29 Å². The second-order valence-electron chi connectivity index (χ2n) is 2.44. The summed E-state index contributed by atoms with van der Waals surface area (Å²) >= 11 is 0. The molecule has 5 nitrogen and oxygen atoms in total. The van der Waals surface area contributed by atoms with Crippen LogP contribution in [-0.4, -0.2) is 33.3 Å². The molecule has 0 amide bonds. The molecule has 0 atom stereocenters. The second kappa shape index (κ2) is 3.97. The third-order valence-electron chi connectivity index (χ3n) is 1.33. The van der Waals surface area contributed by atoms with Crippen LogP contribution in [0.25, 0.3) is 0 Å². The van der Waals surface area contributed by atoms with Crippen LogP contribution in [0.2, 0.25) is 0 Å². The molecule has 0 aliphatic rings. The molecule has 1 rings (SSSR count). The van der Waals surface area contributed by atoms with Crippen LogP contribution in [0.4, 0.5) is 0 Å². The molecule has 0 spiro atoms. The molecule has 0 bridgehead atoms. The lowest BCUT2D eigenvalue weighted by Crippen LogP contribution is -2.15. The van der Waals surface area contributed by atoms with Crippen molar-refractivity contribution in [2.24, 2.45) is 0 Å². The minimum Gasteiger partial charge on any atom is -0.508 e. The van der Waals surface area contributed by atoms with Crippen molar-refractivity contribution in [3.05, 3.63) is 18.2 Å². The Morgan fingerprint density at radius 2 is 1.92 bits per heavy atom. The summed E-state index contributed by atoms with van der Waals surface area (Å²) in [6.45, 7) is -0.364. The minimum atomic E-state index is -1.61. The SMILES string of the molecule is Oc1ccc(O)c(OCC(O)O)c1. The van der Waals surface area contributed by atoms with Crippen LogP contribution in [0.5, 0.6) is 17.2 Å². The van der Waals surface area contributed by atoms with Crippen LogP contribution < -0.4 is 4.74 Å². The van der Waals surface area contributed by atoms with Gasteiger partial charge in [0.05, 0.1) is 0 Å². The van der Waals surface area contributed by atoms with Gasteiger partial charge < -0.3 is 25.2 Å². The third kappa shape index (κ3) is 2.81. The Balaban J connectivity index is 2.70. The van der Waals surface area contributed by atoms with Gasteiger partial charge in [0, 0.05) is 6.07 Å². The Bertz CT molecular complexity index is 284. The summed E-state index contributed by atoms with van der Waals surface area (Å²) in [7, 11) is 0.